The quantitative estimate of drug-likeness (QED) is 0.154. The molecule has 0 atom stereocenters. The lowest BCUT2D eigenvalue weighted by atomic mass is 9.80. The molecule has 0 radical (unpaired) electrons. The first kappa shape index (κ1) is 64.4. The fourth-order valence-corrected chi connectivity index (χ4v) is 19.3. The van der Waals surface area contributed by atoms with Gasteiger partial charge in [-0.05, 0) is 315 Å². The van der Waals surface area contributed by atoms with Crippen molar-refractivity contribution in [3.8, 4) is 44.5 Å². The standard InChI is InChI=1S/2C54H42/c1-53(2,3)33-22-20-31(21-23-33)35-25-24-34(54(4,5)6)26-42(35)46-29-45-41-19-11-18-38-36-14-7-8-15-37(36)50(52(38)41)30-49(45)48-28-44-40-17-10-13-32-12-9-16-39(51(32)40)43(44)27-47(46)48;1-53(2,3)34-20-17-31(18-21-34)36-24-22-35(54(4,5)6)28-46(36)43-26-25-41-37-13-7-8-14-38(37)49-30-47-42(51(43)52(41)49)23-19-33-27-45-39-15-9-11-32-12-10-16-40(50(32)39)48(45)29-44(33)47/h2*7-30H,1-6H3. The average molecular weight is 1380 g/mol. The zero-order valence-electron chi connectivity index (χ0n) is 63.7. The topological polar surface area (TPSA) is 0 Å². The van der Waals surface area contributed by atoms with Gasteiger partial charge in [-0.2, -0.15) is 0 Å². The third-order valence-electron chi connectivity index (χ3n) is 24.9. The second-order valence-electron chi connectivity index (χ2n) is 35.4. The van der Waals surface area contributed by atoms with Crippen molar-refractivity contribution in [2.24, 2.45) is 0 Å². The molecule has 0 spiro atoms. The Morgan fingerprint density at radius 1 is 0.139 bits per heavy atom. The van der Waals surface area contributed by atoms with E-state index in [2.05, 4.69) is 374 Å². The van der Waals surface area contributed by atoms with Crippen LogP contribution in [-0.4, -0.2) is 0 Å². The minimum Gasteiger partial charge on any atom is -0.0616 e. The van der Waals surface area contributed by atoms with Crippen LogP contribution in [0.3, 0.4) is 0 Å². The van der Waals surface area contributed by atoms with Crippen molar-refractivity contribution in [3.05, 3.63) is 313 Å². The van der Waals surface area contributed by atoms with E-state index in [4.69, 9.17) is 0 Å². The van der Waals surface area contributed by atoms with Crippen LogP contribution < -0.4 is 0 Å². The molecule has 0 saturated heterocycles. The minimum atomic E-state index is -0.00438. The Morgan fingerprint density at radius 3 is 0.926 bits per heavy atom. The predicted octanol–water partition coefficient (Wildman–Crippen LogP) is 31.4. The fourth-order valence-electron chi connectivity index (χ4n) is 19.3. The molecule has 0 aliphatic heterocycles. The largest absolute Gasteiger partial charge is 0.0616 e. The van der Waals surface area contributed by atoms with Gasteiger partial charge in [0.15, 0.2) is 0 Å². The van der Waals surface area contributed by atoms with Crippen LogP contribution in [0.4, 0.5) is 0 Å². The lowest BCUT2D eigenvalue weighted by Crippen LogP contribution is -2.11. The summed E-state index contributed by atoms with van der Waals surface area (Å²) >= 11 is 0. The van der Waals surface area contributed by atoms with Crippen molar-refractivity contribution in [1.29, 1.82) is 0 Å². The Kier molecular flexibility index (Phi) is 13.6. The third-order valence-corrected chi connectivity index (χ3v) is 24.9. The van der Waals surface area contributed by atoms with E-state index in [0.29, 0.717) is 0 Å². The molecule has 0 saturated carbocycles. The van der Waals surface area contributed by atoms with Gasteiger partial charge in [-0.1, -0.05) is 320 Å². The lowest BCUT2D eigenvalue weighted by molar-refractivity contribution is 0.590. The molecule has 0 fully saturated rings. The third kappa shape index (κ3) is 9.54. The van der Waals surface area contributed by atoms with E-state index in [-0.39, 0.29) is 21.7 Å². The molecular weight excluding hydrogens is 1300 g/mol. The summed E-state index contributed by atoms with van der Waals surface area (Å²) in [6.45, 7) is 27.7. The predicted molar refractivity (Wildman–Crippen MR) is 474 cm³/mol. The maximum atomic E-state index is 2.54. The van der Waals surface area contributed by atoms with Gasteiger partial charge in [-0.3, -0.25) is 0 Å². The highest BCUT2D eigenvalue weighted by Crippen LogP contribution is 2.53. The van der Waals surface area contributed by atoms with Crippen molar-refractivity contribution in [2.75, 3.05) is 0 Å². The molecule has 0 aliphatic carbocycles. The number of fused-ring (bicyclic) bond motifs is 20. The molecule has 0 nitrogen and oxygen atoms in total. The summed E-state index contributed by atoms with van der Waals surface area (Å²) in [4.78, 5) is 0. The summed E-state index contributed by atoms with van der Waals surface area (Å²) < 4.78 is 0. The average Bonchev–Trinajstić information content (AvgIpc) is 1.48. The van der Waals surface area contributed by atoms with Gasteiger partial charge in [0.1, 0.15) is 0 Å². The van der Waals surface area contributed by atoms with Crippen molar-refractivity contribution >= 4 is 172 Å². The molecular formula is C108H84. The molecule has 22 aromatic rings. The summed E-state index contributed by atoms with van der Waals surface area (Å²) in [5.74, 6) is 0. The first-order valence-corrected chi connectivity index (χ1v) is 38.9. The highest BCUT2D eigenvalue weighted by molar-refractivity contribution is 6.42. The molecule has 0 heteroatoms. The summed E-state index contributed by atoms with van der Waals surface area (Å²) in [5.41, 5.74) is 15.8. The summed E-state index contributed by atoms with van der Waals surface area (Å²) in [5, 5.41) is 42.7. The van der Waals surface area contributed by atoms with Gasteiger partial charge in [0, 0.05) is 0 Å². The van der Waals surface area contributed by atoms with Crippen molar-refractivity contribution < 1.29 is 0 Å². The summed E-state index contributed by atoms with van der Waals surface area (Å²) in [6.07, 6.45) is 0. The first-order chi connectivity index (χ1) is 52.1. The molecule has 0 bridgehead atoms. The SMILES string of the molecule is CC(C)(C)c1ccc(-c2ccc(C(C)(C)C)cc2-c2cc3c(cc4c5ccccc5c5cccc3c54)c3cc4c(cc23)c2cccc3cccc4c32)cc1.CC(C)(C)c1ccc(-c2ccc(C(C)(C)C)cc2-c2ccc3c4ccccc4c4cc5c6cc7c(cc6ccc5c2c34)c2cccc3cccc7c32)cc1. The highest BCUT2D eigenvalue weighted by atomic mass is 14.3. The molecule has 22 rings (SSSR count). The van der Waals surface area contributed by atoms with E-state index in [1.165, 1.54) is 239 Å². The van der Waals surface area contributed by atoms with Crippen molar-refractivity contribution in [2.45, 2.75) is 105 Å². The Bertz CT molecular complexity index is 7500. The zero-order chi connectivity index (χ0) is 73.3. The molecule has 108 heavy (non-hydrogen) atoms. The van der Waals surface area contributed by atoms with E-state index in [0.717, 1.165) is 0 Å². The Morgan fingerprint density at radius 2 is 0.444 bits per heavy atom. The Balaban J connectivity index is 0.000000138. The molecule has 0 unspecified atom stereocenters. The van der Waals surface area contributed by atoms with E-state index in [1.807, 2.05) is 0 Å². The van der Waals surface area contributed by atoms with E-state index >= 15 is 0 Å². The van der Waals surface area contributed by atoms with Crippen LogP contribution >= 0.6 is 0 Å². The zero-order valence-corrected chi connectivity index (χ0v) is 63.7. The van der Waals surface area contributed by atoms with Gasteiger partial charge in [0.25, 0.3) is 0 Å². The maximum Gasteiger partial charge on any atom is -0.00137 e. The molecule has 22 aromatic carbocycles. The molecule has 0 heterocycles. The Labute approximate surface area is 630 Å². The van der Waals surface area contributed by atoms with Gasteiger partial charge in [-0.15, -0.1) is 0 Å². The summed E-state index contributed by atoms with van der Waals surface area (Å²) in [6, 6.07) is 112. The van der Waals surface area contributed by atoms with E-state index < -0.39 is 0 Å². The van der Waals surface area contributed by atoms with E-state index in [9.17, 15) is 0 Å². The van der Waals surface area contributed by atoms with Crippen LogP contribution in [0, 0.1) is 0 Å². The Hall–Kier alpha value is -12.0. The monoisotopic (exact) mass is 1380 g/mol. The van der Waals surface area contributed by atoms with Crippen molar-refractivity contribution in [1.82, 2.24) is 0 Å². The van der Waals surface area contributed by atoms with Gasteiger partial charge < -0.3 is 0 Å². The van der Waals surface area contributed by atoms with Crippen LogP contribution in [0.5, 0.6) is 0 Å². The second-order valence-corrected chi connectivity index (χ2v) is 35.4. The highest BCUT2D eigenvalue weighted by Gasteiger charge is 2.28. The van der Waals surface area contributed by atoms with Gasteiger partial charge in [-0.25, -0.2) is 0 Å². The van der Waals surface area contributed by atoms with Crippen LogP contribution in [0.25, 0.3) is 217 Å². The molecule has 516 valence electrons. The van der Waals surface area contributed by atoms with Gasteiger partial charge >= 0.3 is 0 Å². The molecule has 0 N–H and O–H groups in total. The molecule has 0 amide bonds. The van der Waals surface area contributed by atoms with Crippen LogP contribution in [-0.2, 0) is 21.7 Å². The van der Waals surface area contributed by atoms with Crippen LogP contribution in [0.2, 0.25) is 0 Å². The molecule has 0 aliphatic rings. The van der Waals surface area contributed by atoms with Crippen LogP contribution in [0.1, 0.15) is 105 Å². The normalized spacial score (nSPS) is 13.0. The van der Waals surface area contributed by atoms with Crippen LogP contribution in [0.15, 0.2) is 291 Å². The maximum absolute atomic E-state index is 2.54. The molecule has 0 aromatic heterocycles. The lowest BCUT2D eigenvalue weighted by Gasteiger charge is -2.24. The van der Waals surface area contributed by atoms with E-state index in [1.54, 1.807) is 0 Å². The second kappa shape index (κ2) is 22.8. The fraction of sp³-hybridized carbons (Fsp3) is 0.148. The number of hydrogen-bond donors (Lipinski definition) is 0. The van der Waals surface area contributed by atoms with Gasteiger partial charge in [0.2, 0.25) is 0 Å². The van der Waals surface area contributed by atoms with Crippen molar-refractivity contribution in [3.63, 3.8) is 0 Å². The number of benzene rings is 18. The van der Waals surface area contributed by atoms with Gasteiger partial charge in [0.05, 0.1) is 0 Å². The first-order valence-electron chi connectivity index (χ1n) is 38.9. The number of rotatable bonds is 4. The smallest absolute Gasteiger partial charge is 0.00137 e. The summed E-state index contributed by atoms with van der Waals surface area (Å²) in [7, 11) is 0. The number of hydrogen-bond acceptors (Lipinski definition) is 0. The minimum absolute atomic E-state index is 0.00438.